The Morgan fingerprint density at radius 1 is 1.26 bits per heavy atom. The van der Waals surface area contributed by atoms with E-state index in [1.807, 2.05) is 41.8 Å². The van der Waals surface area contributed by atoms with Crippen LogP contribution in [0.25, 0.3) is 0 Å². The number of rotatable bonds is 3. The van der Waals surface area contributed by atoms with E-state index in [4.69, 9.17) is 5.73 Å². The van der Waals surface area contributed by atoms with E-state index in [0.29, 0.717) is 0 Å². The number of likely N-dealkylation sites (N-methyl/N-ethyl adjacent to an activating group) is 1. The molecule has 0 spiro atoms. The maximum Gasteiger partial charge on any atom is 0.253 e. The molecule has 2 aromatic rings. The summed E-state index contributed by atoms with van der Waals surface area (Å²) in [7, 11) is 1.71. The molecule has 2 N–H and O–H groups in total. The number of anilines is 1. The average Bonchev–Trinajstić information content (AvgIpc) is 3.26. The van der Waals surface area contributed by atoms with Crippen LogP contribution >= 0.6 is 11.3 Å². The molecule has 1 aromatic heterocycles. The number of likely N-dealkylation sites (tertiary alicyclic amines) is 1. The van der Waals surface area contributed by atoms with E-state index >= 15 is 0 Å². The number of fused-ring (bicyclic) bond motifs is 3. The second-order valence-electron chi connectivity index (χ2n) is 7.32. The van der Waals surface area contributed by atoms with Crippen molar-refractivity contribution in [2.45, 2.75) is 24.8 Å². The lowest BCUT2D eigenvalue weighted by Gasteiger charge is -2.45. The molecule has 3 amide bonds. The fourth-order valence-electron chi connectivity index (χ4n) is 4.60. The highest BCUT2D eigenvalue weighted by Gasteiger charge is 2.62. The second-order valence-corrected chi connectivity index (χ2v) is 8.35. The molecule has 0 bridgehead atoms. The summed E-state index contributed by atoms with van der Waals surface area (Å²) in [6.07, 6.45) is 0.212. The number of hydrogen-bond donors (Lipinski definition) is 1. The van der Waals surface area contributed by atoms with Crippen LogP contribution in [0.2, 0.25) is 0 Å². The summed E-state index contributed by atoms with van der Waals surface area (Å²) in [5, 5.41) is 1.92. The van der Waals surface area contributed by atoms with Crippen LogP contribution in [0.5, 0.6) is 0 Å². The van der Waals surface area contributed by atoms with Crippen LogP contribution in [0.3, 0.4) is 0 Å². The normalized spacial score (nSPS) is 26.7. The van der Waals surface area contributed by atoms with Gasteiger partial charge >= 0.3 is 0 Å². The third-order valence-corrected chi connectivity index (χ3v) is 6.77. The average molecular weight is 383 g/mol. The molecule has 6 nitrogen and oxygen atoms in total. The zero-order valence-corrected chi connectivity index (χ0v) is 16.0. The van der Waals surface area contributed by atoms with Gasteiger partial charge in [0.2, 0.25) is 11.8 Å². The van der Waals surface area contributed by atoms with Crippen LogP contribution in [0.15, 0.2) is 41.8 Å². The first-order chi connectivity index (χ1) is 12.9. The van der Waals surface area contributed by atoms with Gasteiger partial charge in [-0.3, -0.25) is 14.4 Å². The smallest absolute Gasteiger partial charge is 0.253 e. The van der Waals surface area contributed by atoms with Crippen molar-refractivity contribution in [3.05, 3.63) is 52.2 Å². The van der Waals surface area contributed by atoms with Gasteiger partial charge in [0.25, 0.3) is 5.91 Å². The molecule has 3 heterocycles. The first kappa shape index (κ1) is 17.7. The third-order valence-electron chi connectivity index (χ3n) is 5.89. The SMILES string of the molecule is CN1C(=O)[C@]2(C)[C@H](c3ccccc31)[C@@H](C(N)=O)CN2C(=O)Cc1cccs1. The molecule has 7 heteroatoms. The highest BCUT2D eigenvalue weighted by molar-refractivity contribution is 7.10. The number of carbonyl (C=O) groups excluding carboxylic acids is 3. The molecule has 27 heavy (non-hydrogen) atoms. The predicted octanol–water partition coefficient (Wildman–Crippen LogP) is 1.75. The number of primary amides is 1. The molecule has 4 rings (SSSR count). The van der Waals surface area contributed by atoms with E-state index in [1.54, 1.807) is 23.8 Å². The number of amides is 3. The van der Waals surface area contributed by atoms with Gasteiger partial charge in [-0.15, -0.1) is 11.3 Å². The number of nitrogens with two attached hydrogens (primary N) is 1. The van der Waals surface area contributed by atoms with Crippen LogP contribution in [0, 0.1) is 5.92 Å². The summed E-state index contributed by atoms with van der Waals surface area (Å²) in [6, 6.07) is 11.3. The van der Waals surface area contributed by atoms with Crippen LogP contribution < -0.4 is 10.6 Å². The molecular formula is C20H21N3O3S. The van der Waals surface area contributed by atoms with E-state index in [2.05, 4.69) is 0 Å². The van der Waals surface area contributed by atoms with Crippen molar-refractivity contribution < 1.29 is 14.4 Å². The summed E-state index contributed by atoms with van der Waals surface area (Å²) in [4.78, 5) is 42.8. The van der Waals surface area contributed by atoms with E-state index < -0.39 is 23.3 Å². The molecule has 1 aromatic carbocycles. The minimum atomic E-state index is -1.13. The van der Waals surface area contributed by atoms with Crippen LogP contribution in [-0.2, 0) is 20.8 Å². The molecule has 0 radical (unpaired) electrons. The molecule has 1 saturated heterocycles. The van der Waals surface area contributed by atoms with Gasteiger partial charge < -0.3 is 15.5 Å². The fourth-order valence-corrected chi connectivity index (χ4v) is 5.29. The number of thiophene rings is 1. The van der Waals surface area contributed by atoms with Crippen LogP contribution in [0.1, 0.15) is 23.3 Å². The summed E-state index contributed by atoms with van der Waals surface area (Å²) in [6.45, 7) is 1.93. The number of para-hydroxylation sites is 1. The predicted molar refractivity (Wildman–Crippen MR) is 103 cm³/mol. The zero-order valence-electron chi connectivity index (χ0n) is 15.2. The Kier molecular flexibility index (Phi) is 4.07. The number of carbonyl (C=O) groups is 3. The van der Waals surface area contributed by atoms with Gasteiger partial charge in [0, 0.05) is 30.1 Å². The lowest BCUT2D eigenvalue weighted by Crippen LogP contribution is -2.61. The molecule has 1 fully saturated rings. The lowest BCUT2D eigenvalue weighted by molar-refractivity contribution is -0.143. The first-order valence-corrected chi connectivity index (χ1v) is 9.73. The minimum absolute atomic E-state index is 0.158. The Hall–Kier alpha value is -2.67. The maximum atomic E-state index is 13.4. The van der Waals surface area contributed by atoms with Gasteiger partial charge in [-0.05, 0) is 30.0 Å². The van der Waals surface area contributed by atoms with E-state index in [1.165, 1.54) is 11.3 Å². The van der Waals surface area contributed by atoms with Crippen molar-refractivity contribution in [1.82, 2.24) is 4.90 Å². The Morgan fingerprint density at radius 3 is 2.67 bits per heavy atom. The zero-order chi connectivity index (χ0) is 19.3. The van der Waals surface area contributed by atoms with Crippen molar-refractivity contribution in [1.29, 1.82) is 0 Å². The summed E-state index contributed by atoms with van der Waals surface area (Å²) < 4.78 is 0. The summed E-state index contributed by atoms with van der Waals surface area (Å²) in [5.74, 6) is -1.86. The van der Waals surface area contributed by atoms with Crippen LogP contribution in [0.4, 0.5) is 5.69 Å². The van der Waals surface area contributed by atoms with Crippen molar-refractivity contribution in [3.63, 3.8) is 0 Å². The highest BCUT2D eigenvalue weighted by atomic mass is 32.1. The Labute approximate surface area is 161 Å². The number of benzene rings is 1. The Balaban J connectivity index is 1.82. The summed E-state index contributed by atoms with van der Waals surface area (Å²) >= 11 is 1.50. The van der Waals surface area contributed by atoms with Gasteiger partial charge in [-0.25, -0.2) is 0 Å². The van der Waals surface area contributed by atoms with Crippen molar-refractivity contribution >= 4 is 34.7 Å². The van der Waals surface area contributed by atoms with E-state index in [9.17, 15) is 14.4 Å². The number of nitrogens with zero attached hydrogens (tertiary/aromatic N) is 2. The molecule has 0 saturated carbocycles. The third kappa shape index (κ3) is 2.49. The quantitative estimate of drug-likeness (QED) is 0.876. The fraction of sp³-hybridized carbons (Fsp3) is 0.350. The van der Waals surface area contributed by atoms with Crippen molar-refractivity contribution in [3.8, 4) is 0 Å². The first-order valence-electron chi connectivity index (χ1n) is 8.85. The monoisotopic (exact) mass is 383 g/mol. The van der Waals surface area contributed by atoms with Crippen LogP contribution in [-0.4, -0.2) is 41.8 Å². The molecule has 2 aliphatic rings. The van der Waals surface area contributed by atoms with Gasteiger partial charge in [-0.1, -0.05) is 24.3 Å². The van der Waals surface area contributed by atoms with Crippen molar-refractivity contribution in [2.75, 3.05) is 18.5 Å². The molecule has 2 aliphatic heterocycles. The topological polar surface area (TPSA) is 83.7 Å². The van der Waals surface area contributed by atoms with Gasteiger partial charge in [0.1, 0.15) is 5.54 Å². The van der Waals surface area contributed by atoms with Crippen molar-refractivity contribution in [2.24, 2.45) is 11.7 Å². The van der Waals surface area contributed by atoms with E-state index in [-0.39, 0.29) is 24.8 Å². The molecule has 0 aliphatic carbocycles. The van der Waals surface area contributed by atoms with Gasteiger partial charge in [0.05, 0.1) is 12.3 Å². The lowest BCUT2D eigenvalue weighted by atomic mass is 9.72. The Morgan fingerprint density at radius 2 is 2.00 bits per heavy atom. The molecule has 140 valence electrons. The summed E-state index contributed by atoms with van der Waals surface area (Å²) in [5.41, 5.74) is 6.23. The van der Waals surface area contributed by atoms with E-state index in [0.717, 1.165) is 16.1 Å². The second kappa shape index (κ2) is 6.20. The molecular weight excluding hydrogens is 362 g/mol. The minimum Gasteiger partial charge on any atom is -0.369 e. The van der Waals surface area contributed by atoms with Gasteiger partial charge in [-0.2, -0.15) is 0 Å². The largest absolute Gasteiger partial charge is 0.369 e. The maximum absolute atomic E-state index is 13.4. The van der Waals surface area contributed by atoms with Gasteiger partial charge in [0.15, 0.2) is 0 Å². The highest BCUT2D eigenvalue weighted by Crippen LogP contribution is 2.52. The molecule has 3 atom stereocenters. The molecule has 0 unspecified atom stereocenters. The Bertz CT molecular complexity index is 926. The standard InChI is InChI=1S/C20H21N3O3S/c1-20-17(13-7-3-4-8-15(13)22(2)19(20)26)14(18(21)25)11-23(20)16(24)10-12-6-5-9-27-12/h3-9,14,17H,10-11H2,1-2H3,(H2,21,25)/t14-,17+,20-/m0/s1. The number of hydrogen-bond acceptors (Lipinski definition) is 4.